The number of halogens is 3. The number of rotatable bonds is 6. The fourth-order valence-corrected chi connectivity index (χ4v) is 2.18. The van der Waals surface area contributed by atoms with Crippen LogP contribution in [0.4, 0.5) is 13.2 Å². The molecule has 0 N–H and O–H groups in total. The number of carbonyl (C=O) groups is 1. The van der Waals surface area contributed by atoms with Crippen molar-refractivity contribution in [2.24, 2.45) is 0 Å². The maximum Gasteiger partial charge on any atom is 0.389 e. The number of hydrogen-bond acceptors (Lipinski definition) is 3. The number of esters is 1. The van der Waals surface area contributed by atoms with E-state index in [0.717, 1.165) is 0 Å². The molecular weight excluding hydrogens is 245 g/mol. The molecule has 7 heteroatoms. The van der Waals surface area contributed by atoms with Crippen LogP contribution in [-0.4, -0.2) is 34.5 Å². The zero-order valence-corrected chi connectivity index (χ0v) is 9.99. The minimum atomic E-state index is -4.21. The minimum Gasteiger partial charge on any atom is -0.469 e. The first kappa shape index (κ1) is 15.4. The van der Waals surface area contributed by atoms with Crippen molar-refractivity contribution in [2.75, 3.05) is 12.9 Å². The lowest BCUT2D eigenvalue weighted by Crippen LogP contribution is -2.20. The Morgan fingerprint density at radius 1 is 1.44 bits per heavy atom. The summed E-state index contributed by atoms with van der Waals surface area (Å²) < 4.78 is 51.2. The SMILES string of the molecule is COC(=O)CC(C)S(=O)CCCC(F)(F)F. The third-order valence-corrected chi connectivity index (χ3v) is 3.69. The Kier molecular flexibility index (Phi) is 6.62. The molecule has 0 saturated heterocycles. The predicted octanol–water partition coefficient (Wildman–Crippen LogP) is 2.03. The molecule has 0 bridgehead atoms. The van der Waals surface area contributed by atoms with Gasteiger partial charge in [-0.25, -0.2) is 0 Å². The lowest BCUT2D eigenvalue weighted by molar-refractivity contribution is -0.140. The highest BCUT2D eigenvalue weighted by Gasteiger charge is 2.27. The van der Waals surface area contributed by atoms with Crippen LogP contribution in [0.15, 0.2) is 0 Å². The summed E-state index contributed by atoms with van der Waals surface area (Å²) in [5.41, 5.74) is 0. The van der Waals surface area contributed by atoms with Gasteiger partial charge in [0.1, 0.15) is 0 Å². The summed E-state index contributed by atoms with van der Waals surface area (Å²) in [4.78, 5) is 10.8. The Bertz CT molecular complexity index is 253. The van der Waals surface area contributed by atoms with Crippen LogP contribution in [0, 0.1) is 0 Å². The van der Waals surface area contributed by atoms with E-state index >= 15 is 0 Å². The van der Waals surface area contributed by atoms with Crippen molar-refractivity contribution in [3.63, 3.8) is 0 Å². The molecular formula is C9H15F3O3S. The van der Waals surface area contributed by atoms with E-state index in [-0.39, 0.29) is 18.6 Å². The fraction of sp³-hybridized carbons (Fsp3) is 0.889. The molecule has 96 valence electrons. The molecule has 0 aliphatic carbocycles. The van der Waals surface area contributed by atoms with Crippen molar-refractivity contribution < 1.29 is 26.9 Å². The van der Waals surface area contributed by atoms with Crippen LogP contribution in [0.25, 0.3) is 0 Å². The third kappa shape index (κ3) is 7.67. The van der Waals surface area contributed by atoms with Gasteiger partial charge >= 0.3 is 12.1 Å². The van der Waals surface area contributed by atoms with Crippen LogP contribution in [0.2, 0.25) is 0 Å². The number of hydrogen-bond donors (Lipinski definition) is 0. The lowest BCUT2D eigenvalue weighted by Gasteiger charge is -2.10. The van der Waals surface area contributed by atoms with Gasteiger partial charge in [-0.1, -0.05) is 6.92 Å². The van der Waals surface area contributed by atoms with E-state index in [0.29, 0.717) is 0 Å². The minimum absolute atomic E-state index is 0.0326. The first-order valence-corrected chi connectivity index (χ1v) is 6.15. The predicted molar refractivity (Wildman–Crippen MR) is 54.4 cm³/mol. The molecule has 0 rings (SSSR count). The summed E-state index contributed by atoms with van der Waals surface area (Å²) in [6.07, 6.45) is -5.36. The molecule has 0 radical (unpaired) electrons. The van der Waals surface area contributed by atoms with Crippen molar-refractivity contribution in [2.45, 2.75) is 37.6 Å². The average molecular weight is 260 g/mol. The van der Waals surface area contributed by atoms with E-state index in [1.54, 1.807) is 6.92 Å². The Labute approximate surface area is 94.8 Å². The summed E-state index contributed by atoms with van der Waals surface area (Å²) >= 11 is 0. The van der Waals surface area contributed by atoms with Gasteiger partial charge in [0.2, 0.25) is 0 Å². The van der Waals surface area contributed by atoms with Gasteiger partial charge in [-0.2, -0.15) is 13.2 Å². The summed E-state index contributed by atoms with van der Waals surface area (Å²) in [6.45, 7) is 1.56. The van der Waals surface area contributed by atoms with Gasteiger partial charge in [-0.3, -0.25) is 9.00 Å². The van der Waals surface area contributed by atoms with Crippen molar-refractivity contribution >= 4 is 16.8 Å². The molecule has 3 nitrogen and oxygen atoms in total. The number of methoxy groups -OCH3 is 1. The first-order chi connectivity index (χ1) is 7.26. The first-order valence-electron chi connectivity index (χ1n) is 4.77. The highest BCUT2D eigenvalue weighted by Crippen LogP contribution is 2.21. The second-order valence-electron chi connectivity index (χ2n) is 3.39. The van der Waals surface area contributed by atoms with Crippen molar-refractivity contribution in [1.82, 2.24) is 0 Å². The molecule has 16 heavy (non-hydrogen) atoms. The largest absolute Gasteiger partial charge is 0.469 e. The van der Waals surface area contributed by atoms with Crippen molar-refractivity contribution in [1.29, 1.82) is 0 Å². The number of alkyl halides is 3. The van der Waals surface area contributed by atoms with E-state index in [1.165, 1.54) is 7.11 Å². The molecule has 0 saturated carbocycles. The second-order valence-corrected chi connectivity index (χ2v) is 5.37. The topological polar surface area (TPSA) is 43.4 Å². The van der Waals surface area contributed by atoms with Gasteiger partial charge in [-0.15, -0.1) is 0 Å². The smallest absolute Gasteiger partial charge is 0.389 e. The molecule has 0 fully saturated rings. The average Bonchev–Trinajstić information content (AvgIpc) is 2.15. The summed E-state index contributed by atoms with van der Waals surface area (Å²) in [7, 11) is -0.213. The third-order valence-electron chi connectivity index (χ3n) is 1.94. The summed E-state index contributed by atoms with van der Waals surface area (Å²) in [5.74, 6) is -0.547. The van der Waals surface area contributed by atoms with E-state index in [9.17, 15) is 22.2 Å². The molecule has 2 atom stereocenters. The molecule has 0 amide bonds. The van der Waals surface area contributed by atoms with Gasteiger partial charge in [0.15, 0.2) is 0 Å². The lowest BCUT2D eigenvalue weighted by atomic mass is 10.3. The van der Waals surface area contributed by atoms with E-state index in [4.69, 9.17) is 0 Å². The molecule has 0 aromatic carbocycles. The van der Waals surface area contributed by atoms with Crippen LogP contribution >= 0.6 is 0 Å². The van der Waals surface area contributed by atoms with Crippen molar-refractivity contribution in [3.8, 4) is 0 Å². The summed E-state index contributed by atoms with van der Waals surface area (Å²) in [5, 5.41) is -0.472. The van der Waals surface area contributed by atoms with Gasteiger partial charge in [0.05, 0.1) is 13.5 Å². The molecule has 0 spiro atoms. The number of ether oxygens (including phenoxy) is 1. The monoisotopic (exact) mass is 260 g/mol. The molecule has 0 aromatic rings. The van der Waals surface area contributed by atoms with Crippen LogP contribution in [-0.2, 0) is 20.3 Å². The Morgan fingerprint density at radius 3 is 2.44 bits per heavy atom. The summed E-state index contributed by atoms with van der Waals surface area (Å²) in [6, 6.07) is 0. The standard InChI is InChI=1S/C9H15F3O3S/c1-7(6-8(13)15-2)16(14)5-3-4-9(10,11)12/h7H,3-6H2,1-2H3. The normalized spacial score (nSPS) is 15.6. The van der Waals surface area contributed by atoms with Gasteiger partial charge in [0, 0.05) is 28.2 Å². The van der Waals surface area contributed by atoms with E-state index in [1.807, 2.05) is 0 Å². The maximum absolute atomic E-state index is 11.8. The van der Waals surface area contributed by atoms with Crippen molar-refractivity contribution in [3.05, 3.63) is 0 Å². The van der Waals surface area contributed by atoms with Crippen LogP contribution in [0.3, 0.4) is 0 Å². The molecule has 0 aliphatic heterocycles. The van der Waals surface area contributed by atoms with E-state index < -0.39 is 34.6 Å². The Morgan fingerprint density at radius 2 is 2.00 bits per heavy atom. The van der Waals surface area contributed by atoms with Crippen LogP contribution in [0.5, 0.6) is 0 Å². The van der Waals surface area contributed by atoms with Crippen LogP contribution < -0.4 is 0 Å². The highest BCUT2D eigenvalue weighted by molar-refractivity contribution is 7.85. The van der Waals surface area contributed by atoms with Gasteiger partial charge in [0.25, 0.3) is 0 Å². The second kappa shape index (κ2) is 6.88. The fourth-order valence-electron chi connectivity index (χ4n) is 1.03. The van der Waals surface area contributed by atoms with Gasteiger partial charge in [-0.05, 0) is 6.42 Å². The van der Waals surface area contributed by atoms with E-state index in [2.05, 4.69) is 4.74 Å². The molecule has 0 heterocycles. The molecule has 0 aliphatic rings. The zero-order valence-electron chi connectivity index (χ0n) is 9.17. The maximum atomic E-state index is 11.8. The molecule has 0 aromatic heterocycles. The van der Waals surface area contributed by atoms with Crippen LogP contribution in [0.1, 0.15) is 26.2 Å². The number of carbonyl (C=O) groups excluding carboxylic acids is 1. The van der Waals surface area contributed by atoms with Gasteiger partial charge < -0.3 is 4.74 Å². The zero-order chi connectivity index (χ0) is 12.8. The molecule has 2 unspecified atom stereocenters. The quantitative estimate of drug-likeness (QED) is 0.686. The Balaban J connectivity index is 3.84. The highest BCUT2D eigenvalue weighted by atomic mass is 32.2. The Hall–Kier alpha value is -0.590.